The first-order chi connectivity index (χ1) is 9.19. The fourth-order valence-electron chi connectivity index (χ4n) is 1.94. The smallest absolute Gasteiger partial charge is 0.121 e. The van der Waals surface area contributed by atoms with Crippen LogP contribution in [0.25, 0.3) is 0 Å². The lowest BCUT2D eigenvalue weighted by Crippen LogP contribution is -2.35. The molecule has 0 aliphatic carbocycles. The first-order valence-electron chi connectivity index (χ1n) is 7.06. The molecule has 0 radical (unpaired) electrons. The quantitative estimate of drug-likeness (QED) is 0.719. The van der Waals surface area contributed by atoms with E-state index in [4.69, 9.17) is 4.74 Å². The molecule has 0 fully saturated rings. The first kappa shape index (κ1) is 15.8. The SMILES string of the molecule is CCOc1cccc(NCC(O)CN(CC)CC)c1. The van der Waals surface area contributed by atoms with Crippen molar-refractivity contribution in [3.05, 3.63) is 24.3 Å². The Hall–Kier alpha value is -1.26. The number of aliphatic hydroxyl groups excluding tert-OH is 1. The molecule has 0 amide bonds. The highest BCUT2D eigenvalue weighted by Crippen LogP contribution is 2.17. The summed E-state index contributed by atoms with van der Waals surface area (Å²) in [5.41, 5.74) is 0.976. The number of rotatable bonds is 9. The Bertz CT molecular complexity index is 354. The van der Waals surface area contributed by atoms with Gasteiger partial charge in [-0.25, -0.2) is 0 Å². The molecular formula is C15H26N2O2. The molecule has 0 aliphatic rings. The van der Waals surface area contributed by atoms with Gasteiger partial charge in [0.25, 0.3) is 0 Å². The lowest BCUT2D eigenvalue weighted by Gasteiger charge is -2.22. The average molecular weight is 266 g/mol. The third kappa shape index (κ3) is 5.94. The van der Waals surface area contributed by atoms with Crippen LogP contribution in [0.2, 0.25) is 0 Å². The van der Waals surface area contributed by atoms with Crippen molar-refractivity contribution in [3.63, 3.8) is 0 Å². The number of ether oxygens (including phenoxy) is 1. The summed E-state index contributed by atoms with van der Waals surface area (Å²) >= 11 is 0. The van der Waals surface area contributed by atoms with E-state index in [0.717, 1.165) is 24.5 Å². The van der Waals surface area contributed by atoms with Gasteiger partial charge in [0.2, 0.25) is 0 Å². The van der Waals surface area contributed by atoms with E-state index in [2.05, 4.69) is 24.1 Å². The maximum atomic E-state index is 9.98. The third-order valence-electron chi connectivity index (χ3n) is 3.05. The Kier molecular flexibility index (Phi) is 7.30. The summed E-state index contributed by atoms with van der Waals surface area (Å²) in [4.78, 5) is 2.21. The molecule has 2 N–H and O–H groups in total. The number of aliphatic hydroxyl groups is 1. The number of anilines is 1. The highest BCUT2D eigenvalue weighted by molar-refractivity contribution is 5.48. The molecule has 4 nitrogen and oxygen atoms in total. The average Bonchev–Trinajstić information content (AvgIpc) is 2.43. The molecule has 1 aromatic carbocycles. The van der Waals surface area contributed by atoms with Crippen LogP contribution < -0.4 is 10.1 Å². The standard InChI is InChI=1S/C15H26N2O2/c1-4-17(5-2)12-14(18)11-16-13-8-7-9-15(10-13)19-6-3/h7-10,14,16,18H,4-6,11-12H2,1-3H3. The summed E-state index contributed by atoms with van der Waals surface area (Å²) < 4.78 is 5.44. The van der Waals surface area contributed by atoms with Crippen molar-refractivity contribution in [1.29, 1.82) is 0 Å². The highest BCUT2D eigenvalue weighted by Gasteiger charge is 2.08. The Labute approximate surface area is 116 Å². The zero-order chi connectivity index (χ0) is 14.1. The van der Waals surface area contributed by atoms with Crippen molar-refractivity contribution >= 4 is 5.69 Å². The van der Waals surface area contributed by atoms with E-state index in [9.17, 15) is 5.11 Å². The molecule has 0 aliphatic heterocycles. The summed E-state index contributed by atoms with van der Waals surface area (Å²) in [7, 11) is 0. The van der Waals surface area contributed by atoms with E-state index in [-0.39, 0.29) is 6.10 Å². The summed E-state index contributed by atoms with van der Waals surface area (Å²) in [5, 5.41) is 13.2. The number of nitrogens with zero attached hydrogens (tertiary/aromatic N) is 1. The molecule has 1 rings (SSSR count). The van der Waals surface area contributed by atoms with Gasteiger partial charge in [0.05, 0.1) is 12.7 Å². The van der Waals surface area contributed by atoms with E-state index < -0.39 is 0 Å². The van der Waals surface area contributed by atoms with Gasteiger partial charge < -0.3 is 20.1 Å². The van der Waals surface area contributed by atoms with Crippen LogP contribution in [0.1, 0.15) is 20.8 Å². The zero-order valence-corrected chi connectivity index (χ0v) is 12.2. The van der Waals surface area contributed by atoms with Gasteiger partial charge in [-0.2, -0.15) is 0 Å². The van der Waals surface area contributed by atoms with Crippen molar-refractivity contribution in [2.75, 3.05) is 38.1 Å². The van der Waals surface area contributed by atoms with Crippen LogP contribution in [0.15, 0.2) is 24.3 Å². The molecule has 0 saturated heterocycles. The second kappa shape index (κ2) is 8.77. The van der Waals surface area contributed by atoms with E-state index in [1.165, 1.54) is 0 Å². The molecule has 0 aromatic heterocycles. The van der Waals surface area contributed by atoms with E-state index >= 15 is 0 Å². The zero-order valence-electron chi connectivity index (χ0n) is 12.2. The molecule has 0 saturated carbocycles. The Morgan fingerprint density at radius 2 is 2.00 bits per heavy atom. The van der Waals surface area contributed by atoms with Crippen LogP contribution in [0.3, 0.4) is 0 Å². The van der Waals surface area contributed by atoms with Gasteiger partial charge in [0, 0.05) is 24.8 Å². The fraction of sp³-hybridized carbons (Fsp3) is 0.600. The minimum Gasteiger partial charge on any atom is -0.494 e. The highest BCUT2D eigenvalue weighted by atomic mass is 16.5. The predicted molar refractivity (Wildman–Crippen MR) is 79.9 cm³/mol. The maximum absolute atomic E-state index is 9.98. The molecule has 1 aromatic rings. The van der Waals surface area contributed by atoms with Crippen molar-refractivity contribution in [2.24, 2.45) is 0 Å². The molecule has 19 heavy (non-hydrogen) atoms. The number of hydrogen-bond acceptors (Lipinski definition) is 4. The molecule has 4 heteroatoms. The minimum atomic E-state index is -0.365. The second-order valence-electron chi connectivity index (χ2n) is 4.48. The van der Waals surface area contributed by atoms with Gasteiger partial charge in [-0.05, 0) is 32.1 Å². The van der Waals surface area contributed by atoms with Crippen LogP contribution in [-0.4, -0.2) is 48.9 Å². The predicted octanol–water partition coefficient (Wildman–Crippen LogP) is 2.20. The van der Waals surface area contributed by atoms with Gasteiger partial charge in [0.1, 0.15) is 5.75 Å². The van der Waals surface area contributed by atoms with Gasteiger partial charge in [-0.15, -0.1) is 0 Å². The van der Waals surface area contributed by atoms with Crippen LogP contribution in [0.5, 0.6) is 5.75 Å². The summed E-state index contributed by atoms with van der Waals surface area (Å²) in [5.74, 6) is 0.853. The maximum Gasteiger partial charge on any atom is 0.121 e. The summed E-state index contributed by atoms with van der Waals surface area (Å²) in [6.45, 7) is 10.0. The normalized spacial score (nSPS) is 12.5. The van der Waals surface area contributed by atoms with E-state index in [0.29, 0.717) is 19.7 Å². The van der Waals surface area contributed by atoms with Gasteiger partial charge in [-0.3, -0.25) is 0 Å². The molecule has 0 bridgehead atoms. The molecule has 0 heterocycles. The molecule has 1 atom stereocenters. The third-order valence-corrected chi connectivity index (χ3v) is 3.05. The lowest BCUT2D eigenvalue weighted by molar-refractivity contribution is 0.128. The first-order valence-corrected chi connectivity index (χ1v) is 7.06. The van der Waals surface area contributed by atoms with Crippen LogP contribution in [0, 0.1) is 0 Å². The summed E-state index contributed by atoms with van der Waals surface area (Å²) in [6.07, 6.45) is -0.365. The number of benzene rings is 1. The minimum absolute atomic E-state index is 0.365. The Morgan fingerprint density at radius 3 is 2.63 bits per heavy atom. The van der Waals surface area contributed by atoms with E-state index in [1.807, 2.05) is 31.2 Å². The van der Waals surface area contributed by atoms with Crippen molar-refractivity contribution in [3.8, 4) is 5.75 Å². The van der Waals surface area contributed by atoms with Crippen molar-refractivity contribution in [1.82, 2.24) is 4.90 Å². The fourth-order valence-corrected chi connectivity index (χ4v) is 1.94. The second-order valence-corrected chi connectivity index (χ2v) is 4.48. The van der Waals surface area contributed by atoms with Crippen LogP contribution >= 0.6 is 0 Å². The number of hydrogen-bond donors (Lipinski definition) is 2. The topological polar surface area (TPSA) is 44.7 Å². The Balaban J connectivity index is 2.40. The van der Waals surface area contributed by atoms with E-state index in [1.54, 1.807) is 0 Å². The van der Waals surface area contributed by atoms with Crippen LogP contribution in [-0.2, 0) is 0 Å². The van der Waals surface area contributed by atoms with Crippen LogP contribution in [0.4, 0.5) is 5.69 Å². The largest absolute Gasteiger partial charge is 0.494 e. The number of nitrogens with one attached hydrogen (secondary N) is 1. The van der Waals surface area contributed by atoms with Crippen molar-refractivity contribution in [2.45, 2.75) is 26.9 Å². The number of likely N-dealkylation sites (N-methyl/N-ethyl adjacent to an activating group) is 1. The van der Waals surface area contributed by atoms with Gasteiger partial charge in [-0.1, -0.05) is 19.9 Å². The monoisotopic (exact) mass is 266 g/mol. The van der Waals surface area contributed by atoms with Gasteiger partial charge >= 0.3 is 0 Å². The Morgan fingerprint density at radius 1 is 1.26 bits per heavy atom. The molecule has 1 unspecified atom stereocenters. The molecule has 108 valence electrons. The molecule has 0 spiro atoms. The lowest BCUT2D eigenvalue weighted by atomic mass is 10.2. The van der Waals surface area contributed by atoms with Gasteiger partial charge in [0.15, 0.2) is 0 Å². The molecular weight excluding hydrogens is 240 g/mol. The summed E-state index contributed by atoms with van der Waals surface area (Å²) in [6, 6.07) is 7.81. The van der Waals surface area contributed by atoms with Crippen molar-refractivity contribution < 1.29 is 9.84 Å².